The Morgan fingerprint density at radius 3 is 2.76 bits per heavy atom. The Morgan fingerprint density at radius 1 is 1.17 bits per heavy atom. The number of hydrogen-bond acceptors (Lipinski definition) is 8. The number of piperidine rings is 1. The van der Waals surface area contributed by atoms with E-state index < -0.39 is 5.97 Å². The van der Waals surface area contributed by atoms with E-state index in [-0.39, 0.29) is 11.6 Å². The van der Waals surface area contributed by atoms with Crippen molar-refractivity contribution in [1.82, 2.24) is 19.0 Å². The van der Waals surface area contributed by atoms with Gasteiger partial charge in [0.05, 0.1) is 30.8 Å². The van der Waals surface area contributed by atoms with E-state index in [1.807, 2.05) is 28.8 Å². The van der Waals surface area contributed by atoms with E-state index >= 15 is 0 Å². The Labute approximate surface area is 243 Å². The van der Waals surface area contributed by atoms with Gasteiger partial charge in [-0.25, -0.2) is 9.78 Å². The smallest absolute Gasteiger partial charge is 0.338 e. The van der Waals surface area contributed by atoms with Crippen LogP contribution in [0, 0.1) is 0 Å². The van der Waals surface area contributed by atoms with Crippen molar-refractivity contribution < 1.29 is 14.3 Å². The number of carbonyl (C=O) groups is 1. The molecule has 11 heteroatoms. The number of benzene rings is 2. The summed E-state index contributed by atoms with van der Waals surface area (Å²) in [5.74, 6) is 0.276. The third kappa shape index (κ3) is 5.57. The summed E-state index contributed by atoms with van der Waals surface area (Å²) < 4.78 is 14.6. The SMILES string of the molecule is Cn1c(=O)c2c(nc(N3CCC[C@@H](N)C3)n2Cc2ccccc2Cl)c2cc(C(=O)OCCN3CCOCC3)ccc21. The van der Waals surface area contributed by atoms with Crippen LogP contribution in [0.5, 0.6) is 0 Å². The molecule has 0 amide bonds. The van der Waals surface area contributed by atoms with E-state index in [0.29, 0.717) is 77.9 Å². The van der Waals surface area contributed by atoms with Crippen molar-refractivity contribution in [3.63, 3.8) is 0 Å². The molecule has 0 unspecified atom stereocenters. The molecule has 10 nitrogen and oxygen atoms in total. The van der Waals surface area contributed by atoms with Gasteiger partial charge in [-0.2, -0.15) is 0 Å². The summed E-state index contributed by atoms with van der Waals surface area (Å²) in [4.78, 5) is 36.3. The highest BCUT2D eigenvalue weighted by Gasteiger charge is 2.26. The van der Waals surface area contributed by atoms with Crippen LogP contribution < -0.4 is 16.2 Å². The minimum atomic E-state index is -0.403. The largest absolute Gasteiger partial charge is 0.461 e. The minimum Gasteiger partial charge on any atom is -0.461 e. The van der Waals surface area contributed by atoms with Gasteiger partial charge in [-0.3, -0.25) is 9.69 Å². The first kappa shape index (κ1) is 27.7. The number of pyridine rings is 1. The molecule has 41 heavy (non-hydrogen) atoms. The second-order valence-corrected chi connectivity index (χ2v) is 11.2. The summed E-state index contributed by atoms with van der Waals surface area (Å²) in [5.41, 5.74) is 9.18. The molecule has 6 rings (SSSR count). The summed E-state index contributed by atoms with van der Waals surface area (Å²) in [5, 5.41) is 1.33. The van der Waals surface area contributed by atoms with Gasteiger partial charge in [-0.05, 0) is 42.7 Å². The van der Waals surface area contributed by atoms with Gasteiger partial charge in [0.1, 0.15) is 17.6 Å². The highest BCUT2D eigenvalue weighted by atomic mass is 35.5. The maximum absolute atomic E-state index is 13.8. The molecule has 0 saturated carbocycles. The van der Waals surface area contributed by atoms with E-state index in [1.165, 1.54) is 0 Å². The number of nitrogens with two attached hydrogens (primary N) is 1. The van der Waals surface area contributed by atoms with Gasteiger partial charge in [0.25, 0.3) is 5.56 Å². The van der Waals surface area contributed by atoms with E-state index in [4.69, 9.17) is 31.8 Å². The number of aryl methyl sites for hydroxylation is 1. The van der Waals surface area contributed by atoms with Gasteiger partial charge < -0.3 is 29.2 Å². The fraction of sp³-hybridized carbons (Fsp3) is 0.433. The van der Waals surface area contributed by atoms with Crippen LogP contribution in [0.2, 0.25) is 5.02 Å². The predicted octanol–water partition coefficient (Wildman–Crippen LogP) is 3.01. The van der Waals surface area contributed by atoms with Crippen molar-refractivity contribution >= 4 is 45.5 Å². The van der Waals surface area contributed by atoms with E-state index in [1.54, 1.807) is 29.8 Å². The second-order valence-electron chi connectivity index (χ2n) is 10.8. The zero-order valence-electron chi connectivity index (χ0n) is 23.2. The third-order valence-electron chi connectivity index (χ3n) is 8.07. The molecular formula is C30H35ClN6O4. The lowest BCUT2D eigenvalue weighted by Crippen LogP contribution is -2.44. The van der Waals surface area contributed by atoms with Gasteiger partial charge in [-0.15, -0.1) is 0 Å². The number of esters is 1. The summed E-state index contributed by atoms with van der Waals surface area (Å²) in [6.07, 6.45) is 1.89. The molecule has 2 saturated heterocycles. The normalized spacial score (nSPS) is 18.3. The number of carbonyl (C=O) groups excluding carboxylic acids is 1. The van der Waals surface area contributed by atoms with Crippen molar-refractivity contribution in [3.05, 3.63) is 69.0 Å². The van der Waals surface area contributed by atoms with E-state index in [9.17, 15) is 9.59 Å². The zero-order chi connectivity index (χ0) is 28.5. The average molecular weight is 579 g/mol. The molecule has 4 aromatic rings. The first-order valence-corrected chi connectivity index (χ1v) is 14.5. The van der Waals surface area contributed by atoms with Crippen LogP contribution in [0.3, 0.4) is 0 Å². The second kappa shape index (κ2) is 11.8. The van der Waals surface area contributed by atoms with Crippen LogP contribution >= 0.6 is 11.6 Å². The third-order valence-corrected chi connectivity index (χ3v) is 8.44. The first-order valence-electron chi connectivity index (χ1n) is 14.1. The Balaban J connectivity index is 1.42. The number of hydrogen-bond donors (Lipinski definition) is 1. The molecule has 2 aromatic heterocycles. The maximum Gasteiger partial charge on any atom is 0.338 e. The summed E-state index contributed by atoms with van der Waals surface area (Å²) >= 11 is 6.56. The fourth-order valence-corrected chi connectivity index (χ4v) is 6.01. The molecule has 0 radical (unpaired) electrons. The molecule has 2 aliphatic rings. The van der Waals surface area contributed by atoms with Crippen LogP contribution in [0.1, 0.15) is 28.8 Å². The zero-order valence-corrected chi connectivity index (χ0v) is 24.0. The maximum atomic E-state index is 13.8. The summed E-state index contributed by atoms with van der Waals surface area (Å²) in [6, 6.07) is 12.9. The molecule has 4 heterocycles. The van der Waals surface area contributed by atoms with Crippen LogP contribution in [-0.4, -0.2) is 83.6 Å². The standard InChI is InChI=1S/C30H35ClN6O4/c1-34-25-9-8-20(29(39)41-16-13-35-11-14-40-15-12-35)17-23(25)26-27(28(34)38)37(18-21-5-2-3-7-24(21)31)30(33-26)36-10-4-6-22(32)19-36/h2-3,5,7-9,17,22H,4,6,10-16,18-19,32H2,1H3/t22-/m1/s1. The van der Waals surface area contributed by atoms with E-state index in [2.05, 4.69) is 9.80 Å². The van der Waals surface area contributed by atoms with Crippen molar-refractivity contribution in [3.8, 4) is 0 Å². The topological polar surface area (TPSA) is 108 Å². The van der Waals surface area contributed by atoms with Crippen LogP contribution in [0.25, 0.3) is 21.9 Å². The molecule has 2 aromatic carbocycles. The monoisotopic (exact) mass is 578 g/mol. The van der Waals surface area contributed by atoms with Gasteiger partial charge in [-0.1, -0.05) is 29.8 Å². The number of imidazole rings is 1. The number of fused-ring (bicyclic) bond motifs is 3. The first-order chi connectivity index (χ1) is 19.9. The lowest BCUT2D eigenvalue weighted by molar-refractivity contribution is 0.0195. The van der Waals surface area contributed by atoms with Gasteiger partial charge in [0.15, 0.2) is 0 Å². The summed E-state index contributed by atoms with van der Waals surface area (Å²) in [7, 11) is 1.74. The van der Waals surface area contributed by atoms with Crippen LogP contribution in [-0.2, 0) is 23.1 Å². The highest BCUT2D eigenvalue weighted by molar-refractivity contribution is 6.31. The number of ether oxygens (including phenoxy) is 2. The van der Waals surface area contributed by atoms with Crippen molar-refractivity contribution in [1.29, 1.82) is 0 Å². The Morgan fingerprint density at radius 2 is 1.98 bits per heavy atom. The Bertz CT molecular complexity index is 1640. The number of halogens is 1. The van der Waals surface area contributed by atoms with Gasteiger partial charge >= 0.3 is 5.97 Å². The number of morpholine rings is 1. The molecule has 2 fully saturated rings. The van der Waals surface area contributed by atoms with Crippen molar-refractivity contribution in [2.75, 3.05) is 57.4 Å². The van der Waals surface area contributed by atoms with Gasteiger partial charge in [0.2, 0.25) is 5.95 Å². The lowest BCUT2D eigenvalue weighted by atomic mass is 10.1. The Hall–Kier alpha value is -3.44. The molecule has 2 N–H and O–H groups in total. The quantitative estimate of drug-likeness (QED) is 0.334. The number of aromatic nitrogens is 3. The van der Waals surface area contributed by atoms with E-state index in [0.717, 1.165) is 38.0 Å². The fourth-order valence-electron chi connectivity index (χ4n) is 5.81. The van der Waals surface area contributed by atoms with Crippen molar-refractivity contribution in [2.45, 2.75) is 25.4 Å². The molecular weight excluding hydrogens is 544 g/mol. The average Bonchev–Trinajstić information content (AvgIpc) is 3.37. The molecule has 216 valence electrons. The predicted molar refractivity (Wildman–Crippen MR) is 160 cm³/mol. The van der Waals surface area contributed by atoms with Crippen LogP contribution in [0.15, 0.2) is 47.3 Å². The lowest BCUT2D eigenvalue weighted by Gasteiger charge is -2.32. The number of rotatable bonds is 7. The summed E-state index contributed by atoms with van der Waals surface area (Å²) in [6.45, 7) is 5.83. The number of nitrogens with zero attached hydrogens (tertiary/aromatic N) is 5. The van der Waals surface area contributed by atoms with Crippen molar-refractivity contribution in [2.24, 2.45) is 12.8 Å². The Kier molecular flexibility index (Phi) is 7.99. The highest BCUT2D eigenvalue weighted by Crippen LogP contribution is 2.31. The molecule has 0 spiro atoms. The van der Waals surface area contributed by atoms with Crippen LogP contribution in [0.4, 0.5) is 5.95 Å². The molecule has 2 aliphatic heterocycles. The molecule has 0 aliphatic carbocycles. The molecule has 0 bridgehead atoms. The molecule has 1 atom stereocenters. The number of anilines is 1. The van der Waals surface area contributed by atoms with Gasteiger partial charge in [0, 0.05) is 56.2 Å². The minimum absolute atomic E-state index is 0.0238.